The highest BCUT2D eigenvalue weighted by atomic mass is 16.3. The summed E-state index contributed by atoms with van der Waals surface area (Å²) in [5.41, 5.74) is 3.69. The second-order valence-corrected chi connectivity index (χ2v) is 21.9. The third-order valence-electron chi connectivity index (χ3n) is 16.2. The predicted molar refractivity (Wildman–Crippen MR) is 270 cm³/mol. The summed E-state index contributed by atoms with van der Waals surface area (Å²) >= 11 is 0. The summed E-state index contributed by atoms with van der Waals surface area (Å²) in [7, 11) is 4.17. The molecule has 5 fully saturated rings. The molecular formula is C54H76N10O5. The number of nitrogens with zero attached hydrogens (tertiary/aromatic N) is 7. The number of anilines is 2. The molecule has 0 radical (unpaired) electrons. The van der Waals surface area contributed by atoms with E-state index in [0.717, 1.165) is 94.1 Å². The van der Waals surface area contributed by atoms with Gasteiger partial charge in [0.05, 0.1) is 17.5 Å². The molecule has 15 heteroatoms. The number of phenols is 1. The zero-order valence-corrected chi connectivity index (χ0v) is 41.8. The molecule has 372 valence electrons. The van der Waals surface area contributed by atoms with Gasteiger partial charge in [-0.1, -0.05) is 51.0 Å². The van der Waals surface area contributed by atoms with E-state index in [1.54, 1.807) is 6.07 Å². The molecule has 2 aliphatic carbocycles. The number of β-amino-alcohol motifs (C(OH)–C–C–N with tert-alkyl or cyclic N) is 1. The lowest BCUT2D eigenvalue weighted by molar-refractivity contribution is -0.145. The van der Waals surface area contributed by atoms with E-state index in [1.807, 2.05) is 76.3 Å². The Hall–Kier alpha value is -5.27. The number of amides is 3. The lowest BCUT2D eigenvalue weighted by atomic mass is 9.56. The Balaban J connectivity index is 0.750. The number of aliphatic hydroxyl groups excluding tert-OH is 1. The molecule has 2 saturated carbocycles. The van der Waals surface area contributed by atoms with Crippen LogP contribution in [0.4, 0.5) is 11.5 Å². The average Bonchev–Trinajstić information content (AvgIpc) is 3.74. The topological polar surface area (TPSA) is 170 Å². The maximum Gasteiger partial charge on any atom is 0.246 e. The number of aliphatic hydroxyl groups is 1. The number of benzene rings is 2. The number of hydrogen-bond donors (Lipinski definition) is 5. The molecule has 3 amide bonds. The normalized spacial score (nSPS) is 26.3. The Bertz CT molecular complexity index is 2310. The van der Waals surface area contributed by atoms with Gasteiger partial charge in [-0.2, -0.15) is 0 Å². The quantitative estimate of drug-likeness (QED) is 0.139. The molecule has 5 aliphatic rings. The molecule has 0 bridgehead atoms. The van der Waals surface area contributed by atoms with E-state index in [1.165, 1.54) is 30.6 Å². The zero-order chi connectivity index (χ0) is 49.0. The van der Waals surface area contributed by atoms with Crippen LogP contribution in [0.25, 0.3) is 11.3 Å². The van der Waals surface area contributed by atoms with Crippen LogP contribution < -0.4 is 20.9 Å². The summed E-state index contributed by atoms with van der Waals surface area (Å²) in [5, 5.41) is 39.3. The van der Waals surface area contributed by atoms with Crippen molar-refractivity contribution in [2.45, 2.75) is 128 Å². The zero-order valence-electron chi connectivity index (χ0n) is 41.8. The number of nitrogens with one attached hydrogen (secondary N) is 3. The van der Waals surface area contributed by atoms with Gasteiger partial charge in [0.2, 0.25) is 17.7 Å². The first-order valence-electron chi connectivity index (χ1n) is 25.4. The van der Waals surface area contributed by atoms with Crippen LogP contribution in [0.1, 0.15) is 96.6 Å². The second-order valence-electron chi connectivity index (χ2n) is 21.9. The number of piperidine rings is 1. The van der Waals surface area contributed by atoms with Crippen LogP contribution in [0.2, 0.25) is 0 Å². The maximum atomic E-state index is 14.2. The van der Waals surface area contributed by atoms with Gasteiger partial charge in [-0.05, 0) is 125 Å². The summed E-state index contributed by atoms with van der Waals surface area (Å²) in [6.07, 6.45) is 13.3. The molecule has 3 saturated heterocycles. The van der Waals surface area contributed by atoms with Crippen molar-refractivity contribution in [1.29, 1.82) is 0 Å². The number of para-hydroxylation sites is 1. The number of aromatic hydroxyl groups is 1. The van der Waals surface area contributed by atoms with Crippen molar-refractivity contribution >= 4 is 29.2 Å². The SMILES string of the molecule is C#Cc1ccc(CNC(=O)[C@@H]2C[C@@H](O)CN2C(=O)[C@@H](NC(=O)[C@H]2CCC3(CC2)C[C@H](N2CCC(N(C)CCN4CCN(c5cc(-c6ccccc6O)nnc5NC)[C@@H](C)C4)CC2)C3)C(C)(C)C)cc1. The van der Waals surface area contributed by atoms with Crippen LogP contribution >= 0.6 is 0 Å². The fraction of sp³-hybridized carbons (Fsp3) is 0.611. The molecule has 2 aromatic carbocycles. The first-order chi connectivity index (χ1) is 33.0. The average molecular weight is 945 g/mol. The third kappa shape index (κ3) is 11.5. The number of carbonyl (C=O) groups is 3. The van der Waals surface area contributed by atoms with E-state index in [2.05, 4.69) is 65.6 Å². The van der Waals surface area contributed by atoms with Gasteiger partial charge in [-0.3, -0.25) is 19.3 Å². The molecule has 3 aromatic rings. The fourth-order valence-corrected chi connectivity index (χ4v) is 11.9. The Kier molecular flexibility index (Phi) is 15.5. The Morgan fingerprint density at radius 3 is 2.32 bits per heavy atom. The molecular weight excluding hydrogens is 869 g/mol. The molecule has 1 spiro atoms. The van der Waals surface area contributed by atoms with Gasteiger partial charge in [-0.25, -0.2) is 0 Å². The van der Waals surface area contributed by atoms with E-state index in [4.69, 9.17) is 6.42 Å². The van der Waals surface area contributed by atoms with Gasteiger partial charge in [0.25, 0.3) is 0 Å². The van der Waals surface area contributed by atoms with E-state index in [9.17, 15) is 24.6 Å². The number of likely N-dealkylation sites (N-methyl/N-ethyl adjacent to an activating group) is 1. The third-order valence-corrected chi connectivity index (χ3v) is 16.2. The van der Waals surface area contributed by atoms with Crippen LogP contribution in [-0.4, -0.2) is 160 Å². The molecule has 1 aromatic heterocycles. The van der Waals surface area contributed by atoms with Crippen LogP contribution in [0.3, 0.4) is 0 Å². The van der Waals surface area contributed by atoms with Gasteiger partial charge in [0.1, 0.15) is 17.8 Å². The minimum Gasteiger partial charge on any atom is -0.507 e. The number of likely N-dealkylation sites (tertiary alicyclic amines) is 2. The number of piperazine rings is 1. The van der Waals surface area contributed by atoms with Gasteiger partial charge in [0.15, 0.2) is 5.82 Å². The number of aromatic nitrogens is 2. The monoisotopic (exact) mass is 945 g/mol. The van der Waals surface area contributed by atoms with Crippen molar-refractivity contribution < 1.29 is 24.6 Å². The molecule has 15 nitrogen and oxygen atoms in total. The number of terminal acetylenes is 1. The van der Waals surface area contributed by atoms with Crippen molar-refractivity contribution in [3.63, 3.8) is 0 Å². The lowest BCUT2D eigenvalue weighted by Crippen LogP contribution is -2.59. The molecule has 8 rings (SSSR count). The standard InChI is InChI=1S/C54H76N10O5/c1-8-37-13-15-38(16-14-37)33-56-51(68)46-29-42(65)35-64(46)52(69)48(53(3,4)5)57-50(67)39-17-21-54(22-18-39)31-41(32-54)62-23-19-40(20-24-62)60(7)25-26-61-27-28-63(36(2)34-61)45-30-44(58-59-49(45)55-6)43-11-9-10-12-47(43)66/h1,9-16,30,36,39-42,46,48,65-66H,17-29,31-35H2,2-7H3,(H,55,59)(H,56,68)(H,57,67)/t36-,39-,41-,42+,46-,48+,54?/m0/s1. The fourth-order valence-electron chi connectivity index (χ4n) is 11.9. The molecule has 4 atom stereocenters. The molecule has 0 unspecified atom stereocenters. The Labute approximate surface area is 409 Å². The van der Waals surface area contributed by atoms with E-state index < -0.39 is 23.6 Å². The number of rotatable bonds is 14. The summed E-state index contributed by atoms with van der Waals surface area (Å²) in [6.45, 7) is 15.6. The van der Waals surface area contributed by atoms with Gasteiger partial charge in [-0.15, -0.1) is 16.6 Å². The second kappa shape index (κ2) is 21.4. The van der Waals surface area contributed by atoms with Crippen molar-refractivity contribution in [3.05, 3.63) is 65.7 Å². The van der Waals surface area contributed by atoms with Crippen LogP contribution in [0, 0.1) is 29.1 Å². The highest BCUT2D eigenvalue weighted by Crippen LogP contribution is 2.54. The van der Waals surface area contributed by atoms with Gasteiger partial charge >= 0.3 is 0 Å². The predicted octanol–water partition coefficient (Wildman–Crippen LogP) is 4.93. The minimum atomic E-state index is -0.830. The first kappa shape index (κ1) is 50.1. The van der Waals surface area contributed by atoms with Crippen LogP contribution in [0.15, 0.2) is 54.6 Å². The maximum absolute atomic E-state index is 14.2. The largest absolute Gasteiger partial charge is 0.507 e. The van der Waals surface area contributed by atoms with Crippen molar-refractivity contribution in [2.75, 3.05) is 76.7 Å². The van der Waals surface area contributed by atoms with Crippen molar-refractivity contribution in [1.82, 2.24) is 40.4 Å². The van der Waals surface area contributed by atoms with E-state index >= 15 is 0 Å². The lowest BCUT2D eigenvalue weighted by Gasteiger charge is -2.56. The minimum absolute atomic E-state index is 0.0482. The van der Waals surface area contributed by atoms with Crippen molar-refractivity contribution in [2.24, 2.45) is 16.7 Å². The van der Waals surface area contributed by atoms with Gasteiger partial charge in [0, 0.05) is 94.5 Å². The summed E-state index contributed by atoms with van der Waals surface area (Å²) in [5.74, 6) is 2.64. The molecule has 69 heavy (non-hydrogen) atoms. The smallest absolute Gasteiger partial charge is 0.246 e. The number of carbonyl (C=O) groups excluding carboxylic acids is 3. The first-order valence-corrected chi connectivity index (χ1v) is 25.4. The van der Waals surface area contributed by atoms with Gasteiger partial charge < -0.3 is 45.8 Å². The summed E-state index contributed by atoms with van der Waals surface area (Å²) in [6, 6.07) is 16.5. The number of hydrogen-bond acceptors (Lipinski definition) is 12. The van der Waals surface area contributed by atoms with E-state index in [0.29, 0.717) is 34.8 Å². The molecule has 5 N–H and O–H groups in total. The van der Waals surface area contributed by atoms with Crippen LogP contribution in [-0.2, 0) is 20.9 Å². The van der Waals surface area contributed by atoms with E-state index in [-0.39, 0.29) is 48.9 Å². The molecule has 4 heterocycles. The Morgan fingerprint density at radius 2 is 1.67 bits per heavy atom. The summed E-state index contributed by atoms with van der Waals surface area (Å²) < 4.78 is 0. The van der Waals surface area contributed by atoms with Crippen LogP contribution in [0.5, 0.6) is 5.75 Å². The highest BCUT2D eigenvalue weighted by Gasteiger charge is 2.50. The summed E-state index contributed by atoms with van der Waals surface area (Å²) in [4.78, 5) is 53.3. The number of phenolic OH excluding ortho intramolecular Hbond substituents is 1. The molecule has 3 aliphatic heterocycles. The highest BCUT2D eigenvalue weighted by molar-refractivity contribution is 5.93. The van der Waals surface area contributed by atoms with Crippen molar-refractivity contribution in [3.8, 4) is 29.4 Å². The Morgan fingerprint density at radius 1 is 0.957 bits per heavy atom.